The van der Waals surface area contributed by atoms with Crippen LogP contribution in [-0.2, 0) is 4.79 Å². The molecule has 0 amide bonds. The van der Waals surface area contributed by atoms with Crippen molar-refractivity contribution in [3.63, 3.8) is 0 Å². The second kappa shape index (κ2) is 10.4. The number of methoxy groups -OCH3 is 2. The Bertz CT molecular complexity index is 1090. The van der Waals surface area contributed by atoms with Gasteiger partial charge >= 0.3 is 5.97 Å². The lowest BCUT2D eigenvalue weighted by molar-refractivity contribution is -0.131. The fourth-order valence-electron chi connectivity index (χ4n) is 2.56. The van der Waals surface area contributed by atoms with Crippen LogP contribution in [0.2, 0.25) is 0 Å². The van der Waals surface area contributed by atoms with E-state index in [1.807, 2.05) is 6.92 Å². The largest absolute Gasteiger partial charge is 0.497 e. The normalized spacial score (nSPS) is 11.3. The monoisotopic (exact) mass is 506 g/mol. The first-order valence-corrected chi connectivity index (χ1v) is 10.7. The molecule has 31 heavy (non-hydrogen) atoms. The predicted molar refractivity (Wildman–Crippen MR) is 120 cm³/mol. The quantitative estimate of drug-likeness (QED) is 0.312. The molecule has 1 heterocycles. The Labute approximate surface area is 191 Å². The van der Waals surface area contributed by atoms with Crippen LogP contribution < -0.4 is 14.2 Å². The number of nitrogens with zero attached hydrogens (tertiary/aromatic N) is 2. The summed E-state index contributed by atoms with van der Waals surface area (Å²) in [4.78, 5) is 11.8. The minimum atomic E-state index is -1.11. The summed E-state index contributed by atoms with van der Waals surface area (Å²) < 4.78 is 22.4. The number of ether oxygens (including phenoxy) is 3. The maximum Gasteiger partial charge on any atom is 0.342 e. The van der Waals surface area contributed by atoms with E-state index >= 15 is 0 Å². The van der Waals surface area contributed by atoms with Gasteiger partial charge in [-0.2, -0.15) is 0 Å². The highest BCUT2D eigenvalue weighted by Gasteiger charge is 2.17. The van der Waals surface area contributed by atoms with Crippen molar-refractivity contribution < 1.29 is 28.5 Å². The molecule has 0 aliphatic rings. The Kier molecular flexibility index (Phi) is 7.59. The third-order valence-electron chi connectivity index (χ3n) is 3.97. The number of carboxylic acid groups (broad SMARTS) is 1. The molecule has 0 aliphatic heterocycles. The van der Waals surface area contributed by atoms with E-state index in [-0.39, 0.29) is 16.0 Å². The van der Waals surface area contributed by atoms with Crippen LogP contribution in [-0.4, -0.2) is 42.1 Å². The van der Waals surface area contributed by atoms with Crippen molar-refractivity contribution >= 4 is 39.7 Å². The third kappa shape index (κ3) is 5.80. The standard InChI is InChI=1S/C21H19BrN2O6S/c1-4-29-17-6-5-12(7-16(17)22)8-18(20(25)26)31-21-24-23-19(30-21)13-9-14(27-2)11-15(10-13)28-3/h5-11H,4H2,1-3H3,(H,25,26)/b18-8-. The van der Waals surface area contributed by atoms with Crippen molar-refractivity contribution in [3.05, 3.63) is 51.3 Å². The van der Waals surface area contributed by atoms with Crippen molar-refractivity contribution in [2.45, 2.75) is 12.1 Å². The van der Waals surface area contributed by atoms with Crippen molar-refractivity contribution in [1.82, 2.24) is 10.2 Å². The number of aromatic nitrogens is 2. The van der Waals surface area contributed by atoms with Gasteiger partial charge in [0, 0.05) is 11.6 Å². The number of carboxylic acids is 1. The summed E-state index contributed by atoms with van der Waals surface area (Å²) in [5, 5.41) is 17.7. The molecule has 8 nitrogen and oxygen atoms in total. The van der Waals surface area contributed by atoms with E-state index in [0.29, 0.717) is 35.0 Å². The molecular formula is C21H19BrN2O6S. The first-order valence-electron chi connectivity index (χ1n) is 9.05. The molecule has 0 saturated heterocycles. The second-order valence-electron chi connectivity index (χ2n) is 6.01. The highest BCUT2D eigenvalue weighted by Crippen LogP contribution is 2.34. The van der Waals surface area contributed by atoms with Gasteiger partial charge in [-0.15, -0.1) is 10.2 Å². The molecule has 3 aromatic rings. The topological polar surface area (TPSA) is 104 Å². The number of thioether (sulfide) groups is 1. The molecule has 0 aliphatic carbocycles. The number of aliphatic carboxylic acids is 1. The number of benzene rings is 2. The van der Waals surface area contributed by atoms with Crippen molar-refractivity contribution in [2.24, 2.45) is 0 Å². The van der Waals surface area contributed by atoms with Crippen molar-refractivity contribution in [2.75, 3.05) is 20.8 Å². The Hall–Kier alpha value is -2.98. The lowest BCUT2D eigenvalue weighted by Crippen LogP contribution is -1.97. The highest BCUT2D eigenvalue weighted by atomic mass is 79.9. The first kappa shape index (κ1) is 22.7. The van der Waals surface area contributed by atoms with E-state index in [0.717, 1.165) is 16.2 Å². The average molecular weight is 507 g/mol. The summed E-state index contributed by atoms with van der Waals surface area (Å²) in [7, 11) is 3.08. The van der Waals surface area contributed by atoms with Crippen LogP contribution in [0, 0.1) is 0 Å². The van der Waals surface area contributed by atoms with Gasteiger partial charge in [-0.25, -0.2) is 4.79 Å². The van der Waals surface area contributed by atoms with Gasteiger partial charge < -0.3 is 23.7 Å². The van der Waals surface area contributed by atoms with E-state index in [9.17, 15) is 9.90 Å². The molecule has 0 saturated carbocycles. The highest BCUT2D eigenvalue weighted by molar-refractivity contribution is 9.10. The zero-order chi connectivity index (χ0) is 22.4. The summed E-state index contributed by atoms with van der Waals surface area (Å²) in [5.74, 6) is 0.911. The van der Waals surface area contributed by atoms with Crippen LogP contribution in [0.4, 0.5) is 0 Å². The molecule has 1 aromatic heterocycles. The molecule has 10 heteroatoms. The van der Waals surface area contributed by atoms with Gasteiger partial charge in [0.2, 0.25) is 5.89 Å². The molecule has 0 bridgehead atoms. The molecule has 162 valence electrons. The minimum absolute atomic E-state index is 0.0227. The van der Waals surface area contributed by atoms with Gasteiger partial charge in [-0.1, -0.05) is 6.07 Å². The van der Waals surface area contributed by atoms with E-state index < -0.39 is 5.97 Å². The van der Waals surface area contributed by atoms with E-state index in [4.69, 9.17) is 18.6 Å². The zero-order valence-corrected chi connectivity index (χ0v) is 19.3. The first-order chi connectivity index (χ1) is 14.9. The molecule has 0 unspecified atom stereocenters. The Morgan fingerprint density at radius 1 is 1.16 bits per heavy atom. The van der Waals surface area contributed by atoms with Gasteiger partial charge in [0.25, 0.3) is 5.22 Å². The molecule has 0 atom stereocenters. The fraction of sp³-hybridized carbons (Fsp3) is 0.190. The smallest absolute Gasteiger partial charge is 0.342 e. The average Bonchev–Trinajstić information content (AvgIpc) is 3.23. The maximum absolute atomic E-state index is 11.8. The lowest BCUT2D eigenvalue weighted by Gasteiger charge is -2.06. The van der Waals surface area contributed by atoms with Crippen LogP contribution in [0.5, 0.6) is 17.2 Å². The Morgan fingerprint density at radius 2 is 1.87 bits per heavy atom. The van der Waals surface area contributed by atoms with Gasteiger partial charge in [-0.05, 0) is 70.5 Å². The van der Waals surface area contributed by atoms with Crippen molar-refractivity contribution in [1.29, 1.82) is 0 Å². The number of hydrogen-bond acceptors (Lipinski definition) is 8. The molecule has 0 fully saturated rings. The molecule has 0 radical (unpaired) electrons. The van der Waals surface area contributed by atoms with E-state index in [1.54, 1.807) is 36.4 Å². The molecule has 2 aromatic carbocycles. The molecular weight excluding hydrogens is 488 g/mol. The zero-order valence-electron chi connectivity index (χ0n) is 16.9. The van der Waals surface area contributed by atoms with E-state index in [2.05, 4.69) is 26.1 Å². The summed E-state index contributed by atoms with van der Waals surface area (Å²) in [6.07, 6.45) is 1.52. The van der Waals surface area contributed by atoms with Gasteiger partial charge in [0.1, 0.15) is 22.2 Å². The molecule has 0 spiro atoms. The van der Waals surface area contributed by atoms with Crippen LogP contribution in [0.15, 0.2) is 55.4 Å². The van der Waals surface area contributed by atoms with Gasteiger partial charge in [0.05, 0.1) is 25.3 Å². The fourth-order valence-corrected chi connectivity index (χ4v) is 3.74. The Balaban J connectivity index is 1.85. The summed E-state index contributed by atoms with van der Waals surface area (Å²) in [6, 6.07) is 10.5. The van der Waals surface area contributed by atoms with Crippen LogP contribution in [0.25, 0.3) is 17.5 Å². The van der Waals surface area contributed by atoms with Gasteiger partial charge in [0.15, 0.2) is 0 Å². The van der Waals surface area contributed by atoms with Crippen LogP contribution >= 0.6 is 27.7 Å². The summed E-state index contributed by atoms with van der Waals surface area (Å²) in [6.45, 7) is 2.42. The molecule has 1 N–H and O–H groups in total. The second-order valence-corrected chi connectivity index (χ2v) is 7.86. The van der Waals surface area contributed by atoms with Crippen molar-refractivity contribution in [3.8, 4) is 28.7 Å². The third-order valence-corrected chi connectivity index (χ3v) is 5.44. The minimum Gasteiger partial charge on any atom is -0.497 e. The van der Waals surface area contributed by atoms with E-state index in [1.165, 1.54) is 20.3 Å². The molecule has 3 rings (SSSR count). The lowest BCUT2D eigenvalue weighted by atomic mass is 10.2. The number of carbonyl (C=O) groups is 1. The van der Waals surface area contributed by atoms with Crippen LogP contribution in [0.1, 0.15) is 12.5 Å². The number of halogens is 1. The summed E-state index contributed by atoms with van der Waals surface area (Å²) >= 11 is 4.28. The van der Waals surface area contributed by atoms with Gasteiger partial charge in [-0.3, -0.25) is 0 Å². The maximum atomic E-state index is 11.8. The SMILES string of the molecule is CCOc1ccc(/C=C(\Sc2nnc(-c3cc(OC)cc(OC)c3)o2)C(=O)O)cc1Br. The Morgan fingerprint density at radius 3 is 2.45 bits per heavy atom. The predicted octanol–water partition coefficient (Wildman–Crippen LogP) is 5.13. The summed E-state index contributed by atoms with van der Waals surface area (Å²) in [5.41, 5.74) is 1.27. The van der Waals surface area contributed by atoms with Crippen LogP contribution in [0.3, 0.4) is 0 Å². The number of rotatable bonds is 9. The number of hydrogen-bond donors (Lipinski definition) is 1.